The summed E-state index contributed by atoms with van der Waals surface area (Å²) in [5.74, 6) is -0.355. The van der Waals surface area contributed by atoms with Crippen LogP contribution in [-0.4, -0.2) is 37.5 Å². The average molecular weight is 337 g/mol. The van der Waals surface area contributed by atoms with E-state index in [1.54, 1.807) is 12.1 Å². The summed E-state index contributed by atoms with van der Waals surface area (Å²) in [6.07, 6.45) is 2.30. The van der Waals surface area contributed by atoms with Gasteiger partial charge in [0.1, 0.15) is 6.04 Å². The number of nitrogens with zero attached hydrogens (tertiary/aromatic N) is 1. The summed E-state index contributed by atoms with van der Waals surface area (Å²) in [6.45, 7) is 0.373. The minimum atomic E-state index is -3.38. The second-order valence-electron chi connectivity index (χ2n) is 4.65. The number of halogens is 2. The number of sulfonamides is 1. The van der Waals surface area contributed by atoms with Gasteiger partial charge in [0, 0.05) is 12.2 Å². The fraction of sp³-hybridized carbons (Fsp3) is 0.417. The largest absolute Gasteiger partial charge is 0.325 e. The second kappa shape index (κ2) is 5.89. The first-order chi connectivity index (χ1) is 9.29. The van der Waals surface area contributed by atoms with Crippen LogP contribution in [0.2, 0.25) is 10.0 Å². The van der Waals surface area contributed by atoms with Gasteiger partial charge in [-0.15, -0.1) is 0 Å². The molecule has 0 bridgehead atoms. The van der Waals surface area contributed by atoms with Crippen molar-refractivity contribution in [3.8, 4) is 0 Å². The van der Waals surface area contributed by atoms with E-state index in [0.717, 1.165) is 6.26 Å². The number of anilines is 1. The molecular formula is C12H14Cl2N2O3S. The van der Waals surface area contributed by atoms with Crippen molar-refractivity contribution in [1.82, 2.24) is 4.31 Å². The summed E-state index contributed by atoms with van der Waals surface area (Å²) in [5.41, 5.74) is 0.491. The summed E-state index contributed by atoms with van der Waals surface area (Å²) in [5, 5.41) is 3.39. The number of carbonyl (C=O) groups is 1. The van der Waals surface area contributed by atoms with Crippen molar-refractivity contribution >= 4 is 44.8 Å². The number of benzene rings is 1. The standard InChI is InChI=1S/C12H14Cl2N2O3S/c1-20(18,19)16-6-2-3-11(16)12(17)15-8-4-5-9(13)10(14)7-8/h4-5,7,11H,2-3,6H2,1H3,(H,15,17)/t11-/m0/s1. The van der Waals surface area contributed by atoms with Crippen LogP contribution in [0.4, 0.5) is 5.69 Å². The lowest BCUT2D eigenvalue weighted by Gasteiger charge is -2.21. The van der Waals surface area contributed by atoms with E-state index >= 15 is 0 Å². The molecule has 1 aromatic carbocycles. The van der Waals surface area contributed by atoms with Gasteiger partial charge < -0.3 is 5.32 Å². The van der Waals surface area contributed by atoms with Gasteiger partial charge in [-0.2, -0.15) is 4.31 Å². The zero-order valence-electron chi connectivity index (χ0n) is 10.8. The van der Waals surface area contributed by atoms with E-state index in [1.165, 1.54) is 10.4 Å². The molecule has 1 amide bonds. The van der Waals surface area contributed by atoms with E-state index in [-0.39, 0.29) is 5.91 Å². The predicted octanol–water partition coefficient (Wildman–Crippen LogP) is 2.36. The van der Waals surface area contributed by atoms with Crippen LogP contribution >= 0.6 is 23.2 Å². The van der Waals surface area contributed by atoms with Gasteiger partial charge in [-0.05, 0) is 31.0 Å². The Hall–Kier alpha value is -0.820. The molecule has 0 saturated carbocycles. The van der Waals surface area contributed by atoms with Crippen molar-refractivity contribution in [3.63, 3.8) is 0 Å². The van der Waals surface area contributed by atoms with Gasteiger partial charge in [0.25, 0.3) is 0 Å². The van der Waals surface area contributed by atoms with Crippen molar-refractivity contribution in [3.05, 3.63) is 28.2 Å². The molecule has 0 radical (unpaired) electrons. The van der Waals surface area contributed by atoms with Crippen LogP contribution in [0.5, 0.6) is 0 Å². The molecule has 5 nitrogen and oxygen atoms in total. The number of hydrogen-bond acceptors (Lipinski definition) is 3. The summed E-state index contributed by atoms with van der Waals surface area (Å²) in [4.78, 5) is 12.2. The van der Waals surface area contributed by atoms with E-state index in [1.807, 2.05) is 0 Å². The Morgan fingerprint density at radius 3 is 2.65 bits per heavy atom. The normalized spacial score (nSPS) is 20.1. The smallest absolute Gasteiger partial charge is 0.242 e. The lowest BCUT2D eigenvalue weighted by molar-refractivity contribution is -0.119. The Kier molecular flexibility index (Phi) is 4.59. The first-order valence-corrected chi connectivity index (χ1v) is 8.62. The number of carbonyl (C=O) groups excluding carboxylic acids is 1. The van der Waals surface area contributed by atoms with Crippen LogP contribution in [0.3, 0.4) is 0 Å². The van der Waals surface area contributed by atoms with Crippen LogP contribution in [0, 0.1) is 0 Å². The van der Waals surface area contributed by atoms with Gasteiger partial charge in [-0.3, -0.25) is 4.79 Å². The molecule has 1 aromatic rings. The van der Waals surface area contributed by atoms with Crippen molar-refractivity contribution in [2.24, 2.45) is 0 Å². The minimum absolute atomic E-state index is 0.329. The van der Waals surface area contributed by atoms with E-state index in [2.05, 4.69) is 5.32 Å². The van der Waals surface area contributed by atoms with Gasteiger partial charge in [-0.25, -0.2) is 8.42 Å². The highest BCUT2D eigenvalue weighted by Crippen LogP contribution is 2.26. The number of rotatable bonds is 3. The van der Waals surface area contributed by atoms with Crippen LogP contribution in [0.1, 0.15) is 12.8 Å². The molecule has 20 heavy (non-hydrogen) atoms. The van der Waals surface area contributed by atoms with Crippen LogP contribution in [0.25, 0.3) is 0 Å². The molecule has 1 aliphatic rings. The van der Waals surface area contributed by atoms with Gasteiger partial charge in [-0.1, -0.05) is 23.2 Å². The molecule has 1 fully saturated rings. The predicted molar refractivity (Wildman–Crippen MR) is 79.7 cm³/mol. The quantitative estimate of drug-likeness (QED) is 0.921. The Bertz CT molecular complexity index is 634. The van der Waals surface area contributed by atoms with Crippen molar-refractivity contribution in [2.75, 3.05) is 18.1 Å². The van der Waals surface area contributed by atoms with Crippen LogP contribution < -0.4 is 5.32 Å². The summed E-state index contributed by atoms with van der Waals surface area (Å²) in [6, 6.07) is 4.05. The maximum atomic E-state index is 12.2. The first-order valence-electron chi connectivity index (χ1n) is 6.02. The van der Waals surface area contributed by atoms with Crippen molar-refractivity contribution in [1.29, 1.82) is 0 Å². The topological polar surface area (TPSA) is 66.5 Å². The van der Waals surface area contributed by atoms with Crippen LogP contribution in [0.15, 0.2) is 18.2 Å². The van der Waals surface area contributed by atoms with E-state index in [0.29, 0.717) is 35.1 Å². The Morgan fingerprint density at radius 2 is 2.05 bits per heavy atom. The highest BCUT2D eigenvalue weighted by atomic mass is 35.5. The van der Waals surface area contributed by atoms with E-state index in [9.17, 15) is 13.2 Å². The maximum Gasteiger partial charge on any atom is 0.242 e. The highest BCUT2D eigenvalue weighted by molar-refractivity contribution is 7.88. The molecule has 0 unspecified atom stereocenters. The summed E-state index contributed by atoms with van der Waals surface area (Å²) >= 11 is 11.7. The Balaban J connectivity index is 2.13. The SMILES string of the molecule is CS(=O)(=O)N1CCC[C@H]1C(=O)Nc1ccc(Cl)c(Cl)c1. The fourth-order valence-electron chi connectivity index (χ4n) is 2.20. The Morgan fingerprint density at radius 1 is 1.35 bits per heavy atom. The van der Waals surface area contributed by atoms with Gasteiger partial charge in [0.2, 0.25) is 15.9 Å². The van der Waals surface area contributed by atoms with Crippen molar-refractivity contribution in [2.45, 2.75) is 18.9 Å². The van der Waals surface area contributed by atoms with Gasteiger partial charge in [0.15, 0.2) is 0 Å². The zero-order valence-corrected chi connectivity index (χ0v) is 13.1. The molecule has 0 aliphatic carbocycles. The van der Waals surface area contributed by atoms with Crippen LogP contribution in [-0.2, 0) is 14.8 Å². The lowest BCUT2D eigenvalue weighted by Crippen LogP contribution is -2.42. The zero-order chi connectivity index (χ0) is 14.9. The van der Waals surface area contributed by atoms with Gasteiger partial charge >= 0.3 is 0 Å². The third-order valence-electron chi connectivity index (χ3n) is 3.12. The number of nitrogens with one attached hydrogen (secondary N) is 1. The molecule has 1 N–H and O–H groups in total. The molecule has 110 valence electrons. The highest BCUT2D eigenvalue weighted by Gasteiger charge is 2.36. The molecule has 1 atom stereocenters. The molecule has 2 rings (SSSR count). The fourth-order valence-corrected chi connectivity index (χ4v) is 3.62. The molecular weight excluding hydrogens is 323 g/mol. The molecule has 0 aromatic heterocycles. The van der Waals surface area contributed by atoms with E-state index < -0.39 is 16.1 Å². The monoisotopic (exact) mass is 336 g/mol. The van der Waals surface area contributed by atoms with Gasteiger partial charge in [0.05, 0.1) is 16.3 Å². The Labute approximate surface area is 127 Å². The first kappa shape index (κ1) is 15.6. The summed E-state index contributed by atoms with van der Waals surface area (Å²) in [7, 11) is -3.38. The molecule has 1 aliphatic heterocycles. The second-order valence-corrected chi connectivity index (χ2v) is 7.40. The van der Waals surface area contributed by atoms with E-state index in [4.69, 9.17) is 23.2 Å². The molecule has 0 spiro atoms. The number of amides is 1. The summed E-state index contributed by atoms with van der Waals surface area (Å²) < 4.78 is 24.4. The maximum absolute atomic E-state index is 12.2. The average Bonchev–Trinajstić information content (AvgIpc) is 2.83. The minimum Gasteiger partial charge on any atom is -0.325 e. The third kappa shape index (κ3) is 3.44. The lowest BCUT2D eigenvalue weighted by atomic mass is 10.2. The number of hydrogen-bond donors (Lipinski definition) is 1. The molecule has 1 heterocycles. The van der Waals surface area contributed by atoms with Crippen molar-refractivity contribution < 1.29 is 13.2 Å². The molecule has 1 saturated heterocycles. The molecule has 8 heteroatoms. The third-order valence-corrected chi connectivity index (χ3v) is 5.15.